The third-order valence-electron chi connectivity index (χ3n) is 2.84. The highest BCUT2D eigenvalue weighted by molar-refractivity contribution is 5.82. The molecule has 2 aliphatic rings. The summed E-state index contributed by atoms with van der Waals surface area (Å²) in [6, 6.07) is -0.219. The van der Waals surface area contributed by atoms with Gasteiger partial charge in [-0.2, -0.15) is 0 Å². The zero-order valence-corrected chi connectivity index (χ0v) is 7.93. The van der Waals surface area contributed by atoms with E-state index in [4.69, 9.17) is 0 Å². The first-order valence-corrected chi connectivity index (χ1v) is 4.98. The quantitative estimate of drug-likeness (QED) is 0.678. The van der Waals surface area contributed by atoms with Crippen molar-refractivity contribution in [2.75, 3.05) is 19.6 Å². The second-order valence-corrected chi connectivity index (χ2v) is 4.01. The van der Waals surface area contributed by atoms with Crippen LogP contribution in [0.25, 0.3) is 0 Å². The van der Waals surface area contributed by atoms with Crippen molar-refractivity contribution in [2.24, 2.45) is 0 Å². The summed E-state index contributed by atoms with van der Waals surface area (Å²) in [4.78, 5) is 12.9. The highest BCUT2D eigenvalue weighted by Crippen LogP contribution is 2.27. The fourth-order valence-corrected chi connectivity index (χ4v) is 2.04. The van der Waals surface area contributed by atoms with Crippen molar-refractivity contribution in [3.63, 3.8) is 0 Å². The molecule has 80 valence electrons. The molecule has 1 unspecified atom stereocenters. The van der Waals surface area contributed by atoms with Crippen LogP contribution in [0.4, 0.5) is 8.78 Å². The van der Waals surface area contributed by atoms with Gasteiger partial charge in [-0.3, -0.25) is 4.79 Å². The van der Waals surface area contributed by atoms with E-state index >= 15 is 0 Å². The van der Waals surface area contributed by atoms with Gasteiger partial charge in [0, 0.05) is 13.0 Å². The number of halogens is 2. The highest BCUT2D eigenvalue weighted by Gasteiger charge is 2.42. The molecule has 5 heteroatoms. The van der Waals surface area contributed by atoms with E-state index in [0.29, 0.717) is 0 Å². The number of rotatable bonds is 1. The van der Waals surface area contributed by atoms with Crippen LogP contribution in [-0.2, 0) is 4.79 Å². The van der Waals surface area contributed by atoms with E-state index in [9.17, 15) is 13.6 Å². The number of nitrogens with one attached hydrogen (secondary N) is 1. The average Bonchev–Trinajstić information content (AvgIpc) is 2.72. The summed E-state index contributed by atoms with van der Waals surface area (Å²) in [5, 5.41) is 3.02. The lowest BCUT2D eigenvalue weighted by Crippen LogP contribution is -2.43. The summed E-state index contributed by atoms with van der Waals surface area (Å²) < 4.78 is 25.7. The van der Waals surface area contributed by atoms with E-state index in [0.717, 1.165) is 19.4 Å². The molecule has 0 aromatic heterocycles. The second kappa shape index (κ2) is 3.46. The number of hydrogen-bond donors (Lipinski definition) is 1. The van der Waals surface area contributed by atoms with E-state index in [1.807, 2.05) is 0 Å². The predicted octanol–water partition coefficient (Wildman–Crippen LogP) is 0.606. The van der Waals surface area contributed by atoms with Gasteiger partial charge in [-0.1, -0.05) is 0 Å². The molecule has 1 N–H and O–H groups in total. The molecule has 2 saturated heterocycles. The van der Waals surface area contributed by atoms with Crippen molar-refractivity contribution < 1.29 is 13.6 Å². The largest absolute Gasteiger partial charge is 0.335 e. The first kappa shape index (κ1) is 9.83. The van der Waals surface area contributed by atoms with Gasteiger partial charge in [0.1, 0.15) is 0 Å². The van der Waals surface area contributed by atoms with Crippen LogP contribution in [0, 0.1) is 0 Å². The van der Waals surface area contributed by atoms with Crippen LogP contribution in [0.15, 0.2) is 0 Å². The molecule has 0 aromatic carbocycles. The monoisotopic (exact) mass is 204 g/mol. The van der Waals surface area contributed by atoms with Crippen molar-refractivity contribution in [3.05, 3.63) is 0 Å². The Kier molecular flexibility index (Phi) is 2.43. The minimum atomic E-state index is -2.67. The number of carbonyl (C=O) groups excluding carboxylic acids is 1. The maximum atomic E-state index is 12.8. The molecule has 1 amide bonds. The van der Waals surface area contributed by atoms with Gasteiger partial charge in [0.15, 0.2) is 0 Å². The van der Waals surface area contributed by atoms with Crippen molar-refractivity contribution >= 4 is 5.91 Å². The molecule has 0 bridgehead atoms. The Hall–Kier alpha value is -0.710. The van der Waals surface area contributed by atoms with Gasteiger partial charge in [-0.05, 0) is 19.4 Å². The SMILES string of the molecule is O=C(C1CCCN1)N1CCC(F)(F)C1. The maximum absolute atomic E-state index is 12.8. The van der Waals surface area contributed by atoms with Crippen molar-refractivity contribution in [1.82, 2.24) is 10.2 Å². The molecule has 14 heavy (non-hydrogen) atoms. The van der Waals surface area contributed by atoms with Crippen LogP contribution in [-0.4, -0.2) is 42.4 Å². The van der Waals surface area contributed by atoms with Crippen LogP contribution >= 0.6 is 0 Å². The highest BCUT2D eigenvalue weighted by atomic mass is 19.3. The lowest BCUT2D eigenvalue weighted by molar-refractivity contribution is -0.133. The topological polar surface area (TPSA) is 32.3 Å². The molecule has 0 radical (unpaired) electrons. The molecule has 1 atom stereocenters. The zero-order chi connectivity index (χ0) is 10.2. The summed E-state index contributed by atoms with van der Waals surface area (Å²) in [6.45, 7) is 0.620. The van der Waals surface area contributed by atoms with Gasteiger partial charge in [-0.25, -0.2) is 8.78 Å². The van der Waals surface area contributed by atoms with Gasteiger partial charge in [0.2, 0.25) is 5.91 Å². The summed E-state index contributed by atoms with van der Waals surface area (Å²) in [5.74, 6) is -2.83. The number of amides is 1. The van der Waals surface area contributed by atoms with Crippen LogP contribution in [0.2, 0.25) is 0 Å². The van der Waals surface area contributed by atoms with Crippen LogP contribution < -0.4 is 5.32 Å². The fourth-order valence-electron chi connectivity index (χ4n) is 2.04. The summed E-state index contributed by atoms with van der Waals surface area (Å²) >= 11 is 0. The molecule has 0 saturated carbocycles. The smallest absolute Gasteiger partial charge is 0.267 e. The Morgan fingerprint density at radius 3 is 2.79 bits per heavy atom. The minimum absolute atomic E-state index is 0.153. The van der Waals surface area contributed by atoms with Gasteiger partial charge >= 0.3 is 0 Å². The molecular weight excluding hydrogens is 190 g/mol. The van der Waals surface area contributed by atoms with Crippen molar-refractivity contribution in [1.29, 1.82) is 0 Å². The number of carbonyl (C=O) groups is 1. The maximum Gasteiger partial charge on any atom is 0.267 e. The van der Waals surface area contributed by atoms with Crippen LogP contribution in [0.1, 0.15) is 19.3 Å². The lowest BCUT2D eigenvalue weighted by Gasteiger charge is -2.20. The van der Waals surface area contributed by atoms with Gasteiger partial charge in [0.25, 0.3) is 5.92 Å². The summed E-state index contributed by atoms with van der Waals surface area (Å²) in [5.41, 5.74) is 0. The molecule has 2 rings (SSSR count). The van der Waals surface area contributed by atoms with Gasteiger partial charge in [-0.15, -0.1) is 0 Å². The number of likely N-dealkylation sites (tertiary alicyclic amines) is 1. The molecule has 2 fully saturated rings. The molecule has 0 spiro atoms. The molecule has 3 nitrogen and oxygen atoms in total. The van der Waals surface area contributed by atoms with Gasteiger partial charge < -0.3 is 10.2 Å². The standard InChI is InChI=1S/C9H14F2N2O/c10-9(11)3-5-13(6-9)8(14)7-2-1-4-12-7/h7,12H,1-6H2. The minimum Gasteiger partial charge on any atom is -0.335 e. The van der Waals surface area contributed by atoms with Crippen LogP contribution in [0.3, 0.4) is 0 Å². The third kappa shape index (κ3) is 1.87. The normalized spacial score (nSPS) is 31.0. The van der Waals surface area contributed by atoms with Crippen molar-refractivity contribution in [2.45, 2.75) is 31.2 Å². The molecular formula is C9H14F2N2O. The third-order valence-corrected chi connectivity index (χ3v) is 2.84. The Labute approximate surface area is 81.4 Å². The molecule has 0 aliphatic carbocycles. The first-order valence-electron chi connectivity index (χ1n) is 4.98. The van der Waals surface area contributed by atoms with E-state index in [1.165, 1.54) is 4.90 Å². The number of hydrogen-bond acceptors (Lipinski definition) is 2. The number of nitrogens with zero attached hydrogens (tertiary/aromatic N) is 1. The Bertz CT molecular complexity index is 239. The number of alkyl halides is 2. The van der Waals surface area contributed by atoms with Gasteiger partial charge in [0.05, 0.1) is 12.6 Å². The Balaban J connectivity index is 1.92. The Morgan fingerprint density at radius 2 is 2.29 bits per heavy atom. The summed E-state index contributed by atoms with van der Waals surface area (Å²) in [6.07, 6.45) is 1.55. The lowest BCUT2D eigenvalue weighted by atomic mass is 10.2. The summed E-state index contributed by atoms with van der Waals surface area (Å²) in [7, 11) is 0. The first-order chi connectivity index (χ1) is 6.58. The van der Waals surface area contributed by atoms with E-state index < -0.39 is 12.5 Å². The van der Waals surface area contributed by atoms with E-state index in [2.05, 4.69) is 5.32 Å². The van der Waals surface area contributed by atoms with E-state index in [-0.39, 0.29) is 24.9 Å². The fraction of sp³-hybridized carbons (Fsp3) is 0.889. The molecule has 0 aromatic rings. The van der Waals surface area contributed by atoms with Crippen molar-refractivity contribution in [3.8, 4) is 0 Å². The second-order valence-electron chi connectivity index (χ2n) is 4.01. The zero-order valence-electron chi connectivity index (χ0n) is 7.93. The predicted molar refractivity (Wildman–Crippen MR) is 47.2 cm³/mol. The molecule has 2 aliphatic heterocycles. The Morgan fingerprint density at radius 1 is 1.50 bits per heavy atom. The average molecular weight is 204 g/mol. The van der Waals surface area contributed by atoms with Crippen LogP contribution in [0.5, 0.6) is 0 Å². The molecule has 2 heterocycles. The van der Waals surface area contributed by atoms with E-state index in [1.54, 1.807) is 0 Å².